The molecule has 122 valence electrons. The number of fused-ring (bicyclic) bond motifs is 1. The van der Waals surface area contributed by atoms with Gasteiger partial charge in [0.15, 0.2) is 0 Å². The molecule has 24 heavy (non-hydrogen) atoms. The fourth-order valence-corrected chi connectivity index (χ4v) is 2.61. The van der Waals surface area contributed by atoms with Gasteiger partial charge in [-0.1, -0.05) is 6.92 Å². The van der Waals surface area contributed by atoms with Gasteiger partial charge in [-0.2, -0.15) is 0 Å². The van der Waals surface area contributed by atoms with E-state index < -0.39 is 5.91 Å². The van der Waals surface area contributed by atoms with E-state index in [0.717, 1.165) is 34.1 Å². The highest BCUT2D eigenvalue weighted by Crippen LogP contribution is 2.24. The molecule has 1 amide bonds. The van der Waals surface area contributed by atoms with Crippen molar-refractivity contribution in [2.75, 3.05) is 0 Å². The molecule has 6 nitrogen and oxygen atoms in total. The van der Waals surface area contributed by atoms with E-state index in [1.165, 1.54) is 6.08 Å². The summed E-state index contributed by atoms with van der Waals surface area (Å²) in [5.41, 5.74) is 8.52. The van der Waals surface area contributed by atoms with E-state index in [0.29, 0.717) is 6.54 Å². The zero-order valence-electron chi connectivity index (χ0n) is 13.3. The number of H-pyrrole nitrogens is 1. The summed E-state index contributed by atoms with van der Waals surface area (Å²) in [5, 5.41) is 0.887. The summed E-state index contributed by atoms with van der Waals surface area (Å²) in [6.45, 7) is 2.71. The molecule has 0 fully saturated rings. The predicted octanol–water partition coefficient (Wildman–Crippen LogP) is 2.30. The summed E-state index contributed by atoms with van der Waals surface area (Å²) in [6.07, 6.45) is 9.25. The van der Waals surface area contributed by atoms with Crippen LogP contribution in [0.2, 0.25) is 0 Å². The molecule has 0 aliphatic carbocycles. The number of hydrogen-bond donors (Lipinski definition) is 2. The van der Waals surface area contributed by atoms with Gasteiger partial charge in [-0.25, -0.2) is 4.98 Å². The van der Waals surface area contributed by atoms with Crippen molar-refractivity contribution in [1.29, 1.82) is 0 Å². The van der Waals surface area contributed by atoms with Crippen LogP contribution in [0.15, 0.2) is 47.7 Å². The number of hydrogen-bond acceptors (Lipinski definition) is 3. The van der Waals surface area contributed by atoms with E-state index in [1.54, 1.807) is 35.2 Å². The number of primary amides is 1. The van der Waals surface area contributed by atoms with E-state index in [2.05, 4.69) is 9.97 Å². The monoisotopic (exact) mass is 322 g/mol. The number of nitrogens with two attached hydrogens (primary N) is 1. The van der Waals surface area contributed by atoms with E-state index in [1.807, 2.05) is 19.2 Å². The van der Waals surface area contributed by atoms with Gasteiger partial charge in [0.05, 0.1) is 0 Å². The number of carbonyl (C=O) groups is 1. The zero-order valence-corrected chi connectivity index (χ0v) is 13.3. The minimum atomic E-state index is -0.500. The number of nitrogens with one attached hydrogen (secondary N) is 1. The standard InChI is InChI=1S/C18H18N4O2/c1-2-7-22-11-13(4-6-17(22)24)14-8-15-12(3-5-16(19)23)9-20-18(15)21-10-14/h3-6,8-11H,2,7H2,1H3,(H2,19,23)(H,20,21)/b5-3+. The topological polar surface area (TPSA) is 93.8 Å². The van der Waals surface area contributed by atoms with Crippen molar-refractivity contribution in [3.8, 4) is 11.1 Å². The molecule has 0 unspecified atom stereocenters. The number of aryl methyl sites for hydroxylation is 1. The van der Waals surface area contributed by atoms with Crippen LogP contribution < -0.4 is 11.3 Å². The highest BCUT2D eigenvalue weighted by molar-refractivity contribution is 5.95. The molecule has 3 heterocycles. The van der Waals surface area contributed by atoms with Crippen LogP contribution >= 0.6 is 0 Å². The smallest absolute Gasteiger partial charge is 0.250 e. The maximum atomic E-state index is 11.9. The van der Waals surface area contributed by atoms with Gasteiger partial charge >= 0.3 is 0 Å². The number of pyridine rings is 2. The number of amides is 1. The van der Waals surface area contributed by atoms with E-state index in [4.69, 9.17) is 5.73 Å². The van der Waals surface area contributed by atoms with Gasteiger partial charge in [0.2, 0.25) is 5.91 Å². The van der Waals surface area contributed by atoms with Crippen molar-refractivity contribution in [2.24, 2.45) is 5.73 Å². The first-order chi connectivity index (χ1) is 11.6. The Morgan fingerprint density at radius 1 is 1.38 bits per heavy atom. The van der Waals surface area contributed by atoms with Crippen LogP contribution in [-0.2, 0) is 11.3 Å². The average molecular weight is 322 g/mol. The molecule has 0 bridgehead atoms. The Hall–Kier alpha value is -3.15. The average Bonchev–Trinajstić information content (AvgIpc) is 2.97. The lowest BCUT2D eigenvalue weighted by Gasteiger charge is -2.07. The maximum absolute atomic E-state index is 11.9. The molecule has 0 aromatic carbocycles. The first-order valence-electron chi connectivity index (χ1n) is 7.74. The van der Waals surface area contributed by atoms with Crippen LogP contribution in [0.3, 0.4) is 0 Å². The van der Waals surface area contributed by atoms with Gasteiger partial charge in [0.25, 0.3) is 5.56 Å². The molecule has 0 spiro atoms. The SMILES string of the molecule is CCCn1cc(-c2cnc3[nH]cc(/C=C/C(N)=O)c3c2)ccc1=O. The van der Waals surface area contributed by atoms with Gasteiger partial charge in [-0.05, 0) is 30.2 Å². The molecule has 6 heteroatoms. The van der Waals surface area contributed by atoms with E-state index in [-0.39, 0.29) is 5.56 Å². The third kappa shape index (κ3) is 3.12. The minimum Gasteiger partial charge on any atom is -0.366 e. The number of rotatable bonds is 5. The fraction of sp³-hybridized carbons (Fsp3) is 0.167. The van der Waals surface area contributed by atoms with Crippen molar-refractivity contribution < 1.29 is 4.79 Å². The quantitative estimate of drug-likeness (QED) is 0.706. The third-order valence-corrected chi connectivity index (χ3v) is 3.77. The molecule has 3 N–H and O–H groups in total. The van der Waals surface area contributed by atoms with Crippen LogP contribution in [0.1, 0.15) is 18.9 Å². The lowest BCUT2D eigenvalue weighted by Crippen LogP contribution is -2.18. The highest BCUT2D eigenvalue weighted by atomic mass is 16.1. The molecule has 0 aliphatic heterocycles. The molecule has 3 aromatic rings. The number of carbonyl (C=O) groups excluding carboxylic acids is 1. The largest absolute Gasteiger partial charge is 0.366 e. The second-order valence-electron chi connectivity index (χ2n) is 5.55. The Balaban J connectivity index is 2.07. The molecule has 0 atom stereocenters. The summed E-state index contributed by atoms with van der Waals surface area (Å²) in [5.74, 6) is -0.500. The van der Waals surface area contributed by atoms with E-state index in [9.17, 15) is 9.59 Å². The van der Waals surface area contributed by atoms with Gasteiger partial charge in [-0.15, -0.1) is 0 Å². The van der Waals surface area contributed by atoms with Crippen LogP contribution in [0.25, 0.3) is 28.2 Å². The van der Waals surface area contributed by atoms with Crippen molar-refractivity contribution in [3.63, 3.8) is 0 Å². The van der Waals surface area contributed by atoms with E-state index >= 15 is 0 Å². The van der Waals surface area contributed by atoms with Gasteiger partial charge in [0, 0.05) is 53.8 Å². The molecule has 3 aromatic heterocycles. The van der Waals surface area contributed by atoms with Crippen LogP contribution in [0.4, 0.5) is 0 Å². The second-order valence-corrected chi connectivity index (χ2v) is 5.55. The molecular formula is C18H18N4O2. The minimum absolute atomic E-state index is 0.0126. The molecule has 0 saturated carbocycles. The molecule has 0 radical (unpaired) electrons. The van der Waals surface area contributed by atoms with Crippen molar-refractivity contribution >= 4 is 23.0 Å². The summed E-state index contributed by atoms with van der Waals surface area (Å²) in [6, 6.07) is 5.35. The Morgan fingerprint density at radius 3 is 2.96 bits per heavy atom. The predicted molar refractivity (Wildman–Crippen MR) is 94.3 cm³/mol. The Morgan fingerprint density at radius 2 is 2.21 bits per heavy atom. The zero-order chi connectivity index (χ0) is 17.1. The lowest BCUT2D eigenvalue weighted by atomic mass is 10.1. The maximum Gasteiger partial charge on any atom is 0.250 e. The summed E-state index contributed by atoms with van der Waals surface area (Å²) >= 11 is 0. The Bertz CT molecular complexity index is 982. The third-order valence-electron chi connectivity index (χ3n) is 3.77. The van der Waals surface area contributed by atoms with Gasteiger partial charge in [-0.3, -0.25) is 9.59 Å². The number of aromatic amines is 1. The molecule has 0 aliphatic rings. The number of nitrogens with zero attached hydrogens (tertiary/aromatic N) is 2. The first kappa shape index (κ1) is 15.7. The lowest BCUT2D eigenvalue weighted by molar-refractivity contribution is -0.113. The second kappa shape index (κ2) is 6.54. The summed E-state index contributed by atoms with van der Waals surface area (Å²) in [7, 11) is 0. The molecule has 3 rings (SSSR count). The normalized spacial score (nSPS) is 11.4. The Kier molecular flexibility index (Phi) is 4.29. The van der Waals surface area contributed by atoms with Crippen molar-refractivity contribution in [3.05, 3.63) is 58.8 Å². The van der Waals surface area contributed by atoms with Gasteiger partial charge in [0.1, 0.15) is 5.65 Å². The first-order valence-corrected chi connectivity index (χ1v) is 7.74. The van der Waals surface area contributed by atoms with Crippen LogP contribution in [-0.4, -0.2) is 20.4 Å². The summed E-state index contributed by atoms with van der Waals surface area (Å²) < 4.78 is 1.70. The number of aromatic nitrogens is 3. The van der Waals surface area contributed by atoms with Crippen molar-refractivity contribution in [1.82, 2.24) is 14.5 Å². The van der Waals surface area contributed by atoms with Crippen molar-refractivity contribution in [2.45, 2.75) is 19.9 Å². The summed E-state index contributed by atoms with van der Waals surface area (Å²) in [4.78, 5) is 30.3. The fourth-order valence-electron chi connectivity index (χ4n) is 2.61. The van der Waals surface area contributed by atoms with Gasteiger partial charge < -0.3 is 15.3 Å². The highest BCUT2D eigenvalue weighted by Gasteiger charge is 2.07. The molecular weight excluding hydrogens is 304 g/mol. The molecule has 0 saturated heterocycles. The Labute approximate surface area is 138 Å². The van der Waals surface area contributed by atoms with Crippen LogP contribution in [0, 0.1) is 0 Å². The van der Waals surface area contributed by atoms with Crippen LogP contribution in [0.5, 0.6) is 0 Å².